The van der Waals surface area contributed by atoms with Crippen LogP contribution in [0.4, 0.5) is 0 Å². The fraction of sp³-hybridized carbons (Fsp3) is 0.667. The third kappa shape index (κ3) is 1.85. The quantitative estimate of drug-likeness (QED) is 0.721. The van der Waals surface area contributed by atoms with Crippen molar-refractivity contribution in [2.45, 2.75) is 39.7 Å². The van der Waals surface area contributed by atoms with E-state index >= 15 is 0 Å². The van der Waals surface area contributed by atoms with E-state index in [2.05, 4.69) is 16.9 Å². The summed E-state index contributed by atoms with van der Waals surface area (Å²) in [5.74, 6) is 0.953. The van der Waals surface area contributed by atoms with Gasteiger partial charge in [-0.05, 0) is 20.3 Å². The first kappa shape index (κ1) is 9.26. The van der Waals surface area contributed by atoms with Gasteiger partial charge in [0.1, 0.15) is 5.82 Å². The second-order valence-electron chi connectivity index (χ2n) is 3.23. The van der Waals surface area contributed by atoms with Gasteiger partial charge in [0, 0.05) is 11.7 Å². The molecule has 0 aliphatic rings. The Hall–Kier alpha value is -0.830. The number of aromatic nitrogens is 2. The molecule has 1 heterocycles. The van der Waals surface area contributed by atoms with Crippen molar-refractivity contribution in [3.05, 3.63) is 17.2 Å². The molecule has 1 rings (SSSR count). The van der Waals surface area contributed by atoms with Crippen molar-refractivity contribution in [3.8, 4) is 0 Å². The van der Waals surface area contributed by atoms with Gasteiger partial charge in [0.05, 0.1) is 5.69 Å². The number of nitrogens with zero attached hydrogens (tertiary/aromatic N) is 1. The normalized spacial score (nSPS) is 13.3. The Labute approximate surface area is 73.4 Å². The predicted molar refractivity (Wildman–Crippen MR) is 49.9 cm³/mol. The molecule has 68 valence electrons. The first-order valence-corrected chi connectivity index (χ1v) is 4.43. The number of rotatable bonds is 3. The first-order valence-electron chi connectivity index (χ1n) is 4.43. The van der Waals surface area contributed by atoms with Crippen LogP contribution in [0.2, 0.25) is 0 Å². The van der Waals surface area contributed by atoms with Gasteiger partial charge >= 0.3 is 0 Å². The smallest absolute Gasteiger partial charge is 0.103 e. The summed E-state index contributed by atoms with van der Waals surface area (Å²) in [5, 5.41) is 0. The average Bonchev–Trinajstić information content (AvgIpc) is 2.30. The minimum atomic E-state index is 0.0972. The molecule has 12 heavy (non-hydrogen) atoms. The second kappa shape index (κ2) is 3.72. The summed E-state index contributed by atoms with van der Waals surface area (Å²) in [5.41, 5.74) is 8.06. The molecule has 0 bridgehead atoms. The van der Waals surface area contributed by atoms with Gasteiger partial charge in [0.2, 0.25) is 0 Å². The van der Waals surface area contributed by atoms with Crippen LogP contribution in [-0.4, -0.2) is 9.97 Å². The maximum Gasteiger partial charge on any atom is 0.103 e. The standard InChI is InChI=1S/C9H17N3/c1-4-5-8(10)9-6(2)11-7(3)12-9/h8H,4-5,10H2,1-3H3,(H,11,12). The third-order valence-electron chi connectivity index (χ3n) is 1.99. The zero-order valence-corrected chi connectivity index (χ0v) is 8.02. The molecule has 0 radical (unpaired) electrons. The lowest BCUT2D eigenvalue weighted by molar-refractivity contribution is 0.620. The lowest BCUT2D eigenvalue weighted by Crippen LogP contribution is -2.11. The SMILES string of the molecule is CCCC(N)c1nc(C)[nH]c1C. The van der Waals surface area contributed by atoms with E-state index in [-0.39, 0.29) is 6.04 Å². The highest BCUT2D eigenvalue weighted by molar-refractivity contribution is 5.16. The molecule has 1 unspecified atom stereocenters. The van der Waals surface area contributed by atoms with Crippen LogP contribution in [0.25, 0.3) is 0 Å². The summed E-state index contributed by atoms with van der Waals surface area (Å²) >= 11 is 0. The maximum atomic E-state index is 5.94. The number of hydrogen-bond donors (Lipinski definition) is 2. The minimum Gasteiger partial charge on any atom is -0.346 e. The van der Waals surface area contributed by atoms with E-state index in [1.807, 2.05) is 13.8 Å². The Morgan fingerprint density at radius 1 is 1.50 bits per heavy atom. The van der Waals surface area contributed by atoms with Crippen LogP contribution in [0.3, 0.4) is 0 Å². The van der Waals surface area contributed by atoms with E-state index in [0.29, 0.717) is 0 Å². The van der Waals surface area contributed by atoms with Gasteiger partial charge in [-0.15, -0.1) is 0 Å². The van der Waals surface area contributed by atoms with Crippen molar-refractivity contribution in [1.82, 2.24) is 9.97 Å². The van der Waals surface area contributed by atoms with E-state index in [9.17, 15) is 0 Å². The van der Waals surface area contributed by atoms with Crippen LogP contribution in [0, 0.1) is 13.8 Å². The predicted octanol–water partition coefficient (Wildman–Crippen LogP) is 1.83. The number of nitrogens with one attached hydrogen (secondary N) is 1. The van der Waals surface area contributed by atoms with Crippen LogP contribution in [0.15, 0.2) is 0 Å². The fourth-order valence-electron chi connectivity index (χ4n) is 1.44. The molecule has 3 nitrogen and oxygen atoms in total. The third-order valence-corrected chi connectivity index (χ3v) is 1.99. The van der Waals surface area contributed by atoms with Crippen LogP contribution < -0.4 is 5.73 Å². The molecular formula is C9H17N3. The first-order chi connectivity index (χ1) is 5.65. The number of aryl methyl sites for hydroxylation is 2. The molecule has 0 amide bonds. The van der Waals surface area contributed by atoms with E-state index < -0.39 is 0 Å². The van der Waals surface area contributed by atoms with Gasteiger partial charge in [0.15, 0.2) is 0 Å². The molecule has 0 aliphatic carbocycles. The molecule has 0 saturated carbocycles. The lowest BCUT2D eigenvalue weighted by atomic mass is 10.1. The summed E-state index contributed by atoms with van der Waals surface area (Å²) in [6, 6.07) is 0.0972. The van der Waals surface area contributed by atoms with Crippen molar-refractivity contribution < 1.29 is 0 Å². The summed E-state index contributed by atoms with van der Waals surface area (Å²) in [6.07, 6.45) is 2.11. The molecule has 1 atom stereocenters. The Morgan fingerprint density at radius 2 is 2.17 bits per heavy atom. The summed E-state index contributed by atoms with van der Waals surface area (Å²) < 4.78 is 0. The highest BCUT2D eigenvalue weighted by atomic mass is 14.9. The fourth-order valence-corrected chi connectivity index (χ4v) is 1.44. The molecule has 1 aromatic rings. The Morgan fingerprint density at radius 3 is 2.58 bits per heavy atom. The van der Waals surface area contributed by atoms with Gasteiger partial charge in [-0.3, -0.25) is 0 Å². The van der Waals surface area contributed by atoms with Gasteiger partial charge in [-0.1, -0.05) is 13.3 Å². The zero-order chi connectivity index (χ0) is 9.14. The van der Waals surface area contributed by atoms with Crippen LogP contribution in [0.1, 0.15) is 43.0 Å². The average molecular weight is 167 g/mol. The molecule has 3 heteroatoms. The van der Waals surface area contributed by atoms with Crippen LogP contribution in [-0.2, 0) is 0 Å². The number of H-pyrrole nitrogens is 1. The number of hydrogen-bond acceptors (Lipinski definition) is 2. The zero-order valence-electron chi connectivity index (χ0n) is 8.02. The molecule has 1 aromatic heterocycles. The monoisotopic (exact) mass is 167 g/mol. The van der Waals surface area contributed by atoms with Crippen molar-refractivity contribution >= 4 is 0 Å². The molecule has 0 aromatic carbocycles. The largest absolute Gasteiger partial charge is 0.346 e. The highest BCUT2D eigenvalue weighted by Gasteiger charge is 2.11. The Balaban J connectivity index is 2.79. The number of nitrogens with two attached hydrogens (primary N) is 1. The second-order valence-corrected chi connectivity index (χ2v) is 3.23. The molecule has 3 N–H and O–H groups in total. The van der Waals surface area contributed by atoms with Gasteiger partial charge < -0.3 is 10.7 Å². The van der Waals surface area contributed by atoms with Crippen LogP contribution in [0.5, 0.6) is 0 Å². The lowest BCUT2D eigenvalue weighted by Gasteiger charge is -2.07. The number of aromatic amines is 1. The number of imidazole rings is 1. The molecule has 0 spiro atoms. The van der Waals surface area contributed by atoms with Crippen LogP contribution >= 0.6 is 0 Å². The van der Waals surface area contributed by atoms with Gasteiger partial charge in [0.25, 0.3) is 0 Å². The van der Waals surface area contributed by atoms with Crippen molar-refractivity contribution in [3.63, 3.8) is 0 Å². The Bertz CT molecular complexity index is 252. The van der Waals surface area contributed by atoms with Gasteiger partial charge in [-0.2, -0.15) is 0 Å². The van der Waals surface area contributed by atoms with Crippen molar-refractivity contribution in [1.29, 1.82) is 0 Å². The Kier molecular flexibility index (Phi) is 2.87. The summed E-state index contributed by atoms with van der Waals surface area (Å²) in [4.78, 5) is 7.50. The summed E-state index contributed by atoms with van der Waals surface area (Å²) in [7, 11) is 0. The van der Waals surface area contributed by atoms with Crippen molar-refractivity contribution in [2.24, 2.45) is 5.73 Å². The topological polar surface area (TPSA) is 54.7 Å². The molecular weight excluding hydrogens is 150 g/mol. The summed E-state index contributed by atoms with van der Waals surface area (Å²) in [6.45, 7) is 6.11. The van der Waals surface area contributed by atoms with E-state index in [1.165, 1.54) is 0 Å². The molecule has 0 saturated heterocycles. The van der Waals surface area contributed by atoms with E-state index in [4.69, 9.17) is 5.73 Å². The molecule has 0 aliphatic heterocycles. The molecule has 0 fully saturated rings. The minimum absolute atomic E-state index is 0.0972. The van der Waals surface area contributed by atoms with Crippen molar-refractivity contribution in [2.75, 3.05) is 0 Å². The van der Waals surface area contributed by atoms with E-state index in [0.717, 1.165) is 30.1 Å². The van der Waals surface area contributed by atoms with E-state index in [1.54, 1.807) is 0 Å². The van der Waals surface area contributed by atoms with Gasteiger partial charge in [-0.25, -0.2) is 4.98 Å². The highest BCUT2D eigenvalue weighted by Crippen LogP contribution is 2.16. The maximum absolute atomic E-state index is 5.94.